The van der Waals surface area contributed by atoms with Gasteiger partial charge in [-0.2, -0.15) is 5.10 Å². The number of rotatable bonds is 4. The molecule has 21 heavy (non-hydrogen) atoms. The van der Waals surface area contributed by atoms with E-state index < -0.39 is 5.82 Å². The highest BCUT2D eigenvalue weighted by Gasteiger charge is 2.07. The molecule has 0 aliphatic rings. The van der Waals surface area contributed by atoms with E-state index in [0.29, 0.717) is 12.1 Å². The molecule has 0 aliphatic carbocycles. The first-order chi connectivity index (χ1) is 10.2. The van der Waals surface area contributed by atoms with Gasteiger partial charge in [-0.1, -0.05) is 11.8 Å². The van der Waals surface area contributed by atoms with Gasteiger partial charge in [0.25, 0.3) is 0 Å². The van der Waals surface area contributed by atoms with Crippen molar-refractivity contribution in [3.05, 3.63) is 48.0 Å². The van der Waals surface area contributed by atoms with Gasteiger partial charge in [-0.25, -0.2) is 4.39 Å². The number of halogens is 1. The number of amides is 1. The molecule has 108 valence electrons. The second-order valence-electron chi connectivity index (χ2n) is 4.27. The molecule has 0 radical (unpaired) electrons. The summed E-state index contributed by atoms with van der Waals surface area (Å²) in [5, 5.41) is 6.52. The Kier molecular flexibility index (Phi) is 5.07. The molecule has 0 bridgehead atoms. The number of aryl methyl sites for hydroxylation is 1. The lowest BCUT2D eigenvalue weighted by molar-refractivity contribution is -0.116. The van der Waals surface area contributed by atoms with Crippen molar-refractivity contribution in [2.24, 2.45) is 5.73 Å². The topological polar surface area (TPSA) is 72.9 Å². The Bertz CT molecular complexity index is 671. The number of nitrogens with one attached hydrogen (secondary N) is 1. The van der Waals surface area contributed by atoms with Gasteiger partial charge in [-0.05, 0) is 24.3 Å². The van der Waals surface area contributed by atoms with Crippen LogP contribution in [0.15, 0.2) is 36.7 Å². The third-order valence-electron chi connectivity index (χ3n) is 2.71. The number of carbonyl (C=O) groups excluding carboxylic acids is 1. The summed E-state index contributed by atoms with van der Waals surface area (Å²) >= 11 is 0. The molecule has 3 N–H and O–H groups in total. The van der Waals surface area contributed by atoms with Crippen LogP contribution in [0.4, 0.5) is 10.1 Å². The molecule has 0 saturated heterocycles. The number of carbonyl (C=O) groups is 1. The zero-order valence-electron chi connectivity index (χ0n) is 11.3. The standard InChI is InChI=1S/C15H15FN4O/c16-13-11-12(3-1-7-17)4-5-14(13)19-15(21)6-10-20-9-2-8-18-20/h2,4-5,8-9,11H,6-7,10,17H2,(H,19,21). The summed E-state index contributed by atoms with van der Waals surface area (Å²) in [6.45, 7) is 0.661. The van der Waals surface area contributed by atoms with E-state index in [2.05, 4.69) is 22.3 Å². The Morgan fingerprint density at radius 1 is 1.48 bits per heavy atom. The molecule has 6 heteroatoms. The van der Waals surface area contributed by atoms with Crippen molar-refractivity contribution in [3.63, 3.8) is 0 Å². The molecule has 2 aromatic rings. The molecule has 1 aromatic carbocycles. The van der Waals surface area contributed by atoms with Crippen LogP contribution in [0.1, 0.15) is 12.0 Å². The van der Waals surface area contributed by atoms with Gasteiger partial charge in [0.15, 0.2) is 0 Å². The summed E-state index contributed by atoms with van der Waals surface area (Å²) in [7, 11) is 0. The first-order valence-electron chi connectivity index (χ1n) is 6.45. The molecule has 0 spiro atoms. The molecule has 2 rings (SSSR count). The summed E-state index contributed by atoms with van der Waals surface area (Å²) in [6.07, 6.45) is 3.62. The molecule has 0 fully saturated rings. The van der Waals surface area contributed by atoms with Gasteiger partial charge < -0.3 is 11.1 Å². The molecule has 1 aromatic heterocycles. The summed E-state index contributed by atoms with van der Waals surface area (Å²) < 4.78 is 15.5. The molecule has 1 amide bonds. The van der Waals surface area contributed by atoms with E-state index in [1.165, 1.54) is 12.1 Å². The van der Waals surface area contributed by atoms with E-state index in [9.17, 15) is 9.18 Å². The Morgan fingerprint density at radius 3 is 3.00 bits per heavy atom. The van der Waals surface area contributed by atoms with Crippen molar-refractivity contribution in [2.75, 3.05) is 11.9 Å². The van der Waals surface area contributed by atoms with Crippen molar-refractivity contribution < 1.29 is 9.18 Å². The summed E-state index contributed by atoms with van der Waals surface area (Å²) in [5.74, 6) is 4.58. The van der Waals surface area contributed by atoms with Crippen LogP contribution in [-0.2, 0) is 11.3 Å². The third kappa shape index (κ3) is 4.44. The Balaban J connectivity index is 1.94. The van der Waals surface area contributed by atoms with Crippen molar-refractivity contribution in [1.29, 1.82) is 0 Å². The third-order valence-corrected chi connectivity index (χ3v) is 2.71. The predicted octanol–water partition coefficient (Wildman–Crippen LogP) is 1.36. The maximum Gasteiger partial charge on any atom is 0.226 e. The normalized spacial score (nSPS) is 9.81. The molecule has 0 saturated carbocycles. The molecule has 0 atom stereocenters. The monoisotopic (exact) mass is 286 g/mol. The van der Waals surface area contributed by atoms with E-state index in [1.54, 1.807) is 29.2 Å². The van der Waals surface area contributed by atoms with Crippen molar-refractivity contribution in [3.8, 4) is 11.8 Å². The van der Waals surface area contributed by atoms with E-state index in [4.69, 9.17) is 5.73 Å². The van der Waals surface area contributed by atoms with Crippen LogP contribution in [0.2, 0.25) is 0 Å². The second kappa shape index (κ2) is 7.22. The molecule has 1 heterocycles. The summed E-state index contributed by atoms with van der Waals surface area (Å²) in [6, 6.07) is 6.17. The number of benzene rings is 1. The quantitative estimate of drug-likeness (QED) is 0.834. The van der Waals surface area contributed by atoms with Crippen LogP contribution in [0.25, 0.3) is 0 Å². The average Bonchev–Trinajstić information content (AvgIpc) is 2.99. The zero-order valence-corrected chi connectivity index (χ0v) is 11.3. The number of hydrogen-bond acceptors (Lipinski definition) is 3. The number of anilines is 1. The molecule has 5 nitrogen and oxygen atoms in total. The van der Waals surface area contributed by atoms with Gasteiger partial charge in [0.1, 0.15) is 5.82 Å². The summed E-state index contributed by atoms with van der Waals surface area (Å²) in [4.78, 5) is 11.8. The van der Waals surface area contributed by atoms with Crippen LogP contribution in [0, 0.1) is 17.7 Å². The van der Waals surface area contributed by atoms with E-state index in [-0.39, 0.29) is 24.6 Å². The minimum Gasteiger partial charge on any atom is -0.324 e. The fourth-order valence-electron chi connectivity index (χ4n) is 1.71. The van der Waals surface area contributed by atoms with Crippen molar-refractivity contribution in [2.45, 2.75) is 13.0 Å². The van der Waals surface area contributed by atoms with Crippen molar-refractivity contribution in [1.82, 2.24) is 9.78 Å². The van der Waals surface area contributed by atoms with Crippen molar-refractivity contribution >= 4 is 11.6 Å². The Labute approximate surface area is 122 Å². The highest BCUT2D eigenvalue weighted by Crippen LogP contribution is 2.15. The van der Waals surface area contributed by atoms with Gasteiger partial charge >= 0.3 is 0 Å². The maximum absolute atomic E-state index is 13.8. The number of aromatic nitrogens is 2. The van der Waals surface area contributed by atoms with Crippen LogP contribution in [-0.4, -0.2) is 22.2 Å². The predicted molar refractivity (Wildman–Crippen MR) is 77.8 cm³/mol. The molecule has 0 aliphatic heterocycles. The van der Waals surface area contributed by atoms with E-state index in [1.807, 2.05) is 0 Å². The SMILES string of the molecule is NCC#Cc1ccc(NC(=O)CCn2cccn2)c(F)c1. The van der Waals surface area contributed by atoms with Gasteiger partial charge in [0.2, 0.25) is 5.91 Å². The fraction of sp³-hybridized carbons (Fsp3) is 0.200. The highest BCUT2D eigenvalue weighted by molar-refractivity contribution is 5.90. The number of nitrogens with two attached hydrogens (primary N) is 1. The first kappa shape index (κ1) is 14.8. The second-order valence-corrected chi connectivity index (χ2v) is 4.27. The summed E-state index contributed by atoms with van der Waals surface area (Å²) in [5.41, 5.74) is 5.91. The largest absolute Gasteiger partial charge is 0.324 e. The van der Waals surface area contributed by atoms with Crippen LogP contribution in [0.5, 0.6) is 0 Å². The lowest BCUT2D eigenvalue weighted by Crippen LogP contribution is -2.15. The number of nitrogens with zero attached hydrogens (tertiary/aromatic N) is 2. The molecule has 0 unspecified atom stereocenters. The smallest absolute Gasteiger partial charge is 0.226 e. The van der Waals surface area contributed by atoms with Gasteiger partial charge in [-0.3, -0.25) is 9.48 Å². The average molecular weight is 286 g/mol. The first-order valence-corrected chi connectivity index (χ1v) is 6.45. The Hall–Kier alpha value is -2.65. The van der Waals surface area contributed by atoms with Gasteiger partial charge in [0, 0.05) is 30.9 Å². The van der Waals surface area contributed by atoms with Crippen LogP contribution in [0.3, 0.4) is 0 Å². The van der Waals surface area contributed by atoms with Crippen LogP contribution < -0.4 is 11.1 Å². The lowest BCUT2D eigenvalue weighted by Gasteiger charge is -2.07. The van der Waals surface area contributed by atoms with Gasteiger partial charge in [-0.15, -0.1) is 0 Å². The maximum atomic E-state index is 13.8. The number of hydrogen-bond donors (Lipinski definition) is 2. The fourth-order valence-corrected chi connectivity index (χ4v) is 1.71. The molecular weight excluding hydrogens is 271 g/mol. The molecular formula is C15H15FN4O. The lowest BCUT2D eigenvalue weighted by atomic mass is 10.2. The van der Waals surface area contributed by atoms with E-state index >= 15 is 0 Å². The van der Waals surface area contributed by atoms with Gasteiger partial charge in [0.05, 0.1) is 12.2 Å². The Morgan fingerprint density at radius 2 is 2.33 bits per heavy atom. The van der Waals surface area contributed by atoms with E-state index in [0.717, 1.165) is 0 Å². The minimum atomic E-state index is -0.522. The van der Waals surface area contributed by atoms with Crippen LogP contribution >= 0.6 is 0 Å². The highest BCUT2D eigenvalue weighted by atomic mass is 19.1. The zero-order chi connectivity index (χ0) is 15.1. The minimum absolute atomic E-state index is 0.138.